The van der Waals surface area contributed by atoms with Gasteiger partial charge in [0.2, 0.25) is 23.6 Å². The Balaban J connectivity index is 0.792. The first-order valence-corrected chi connectivity index (χ1v) is 28.6. The summed E-state index contributed by atoms with van der Waals surface area (Å²) in [5.74, 6) is -0.963. The van der Waals surface area contributed by atoms with Crippen LogP contribution in [0, 0.1) is 0 Å². The predicted octanol–water partition coefficient (Wildman–Crippen LogP) is 6.93. The first-order valence-electron chi connectivity index (χ1n) is 28.6. The minimum atomic E-state index is -0.922. The zero-order valence-electron chi connectivity index (χ0n) is 46.5. The summed E-state index contributed by atoms with van der Waals surface area (Å²) in [6.07, 6.45) is 12.7. The summed E-state index contributed by atoms with van der Waals surface area (Å²) in [5.41, 5.74) is 4.31. The van der Waals surface area contributed by atoms with E-state index in [1.165, 1.54) is 11.1 Å². The van der Waals surface area contributed by atoms with Crippen molar-refractivity contribution < 1.29 is 43.0 Å². The SMILES string of the molecule is CC(C)(C)OC(=O)N[C@H]1CC[C@@H](n2cc(COCc3cn([C@@H]4CC[C@H](NC(=O)OC(C)(C)C)C(=O)N5[C@H](CC[C@H]5C(=O)N[C@@H]5CCCc6ccccc65)C4)nn3)nn2)C[C@H]2CC[C@@H](C(=O)N[C@@H]3CCCc4ccccc43)N2C1=O. The average Bonchev–Trinajstić information content (AvgIpc) is 4.45. The summed E-state index contributed by atoms with van der Waals surface area (Å²) in [5, 5.41) is 30.3. The zero-order valence-corrected chi connectivity index (χ0v) is 46.5. The topological polar surface area (TPSA) is 246 Å². The van der Waals surface area contributed by atoms with Gasteiger partial charge in [0.1, 0.15) is 46.8 Å². The lowest BCUT2D eigenvalue weighted by atomic mass is 9.87. The fourth-order valence-corrected chi connectivity index (χ4v) is 13.0. The Morgan fingerprint density at radius 3 is 1.34 bits per heavy atom. The highest BCUT2D eigenvalue weighted by molar-refractivity contribution is 5.93. The van der Waals surface area contributed by atoms with Crippen LogP contribution in [0.25, 0.3) is 0 Å². The average molecular weight is 1090 g/mol. The molecule has 2 aromatic heterocycles. The third kappa shape index (κ3) is 13.1. The van der Waals surface area contributed by atoms with Crippen LogP contribution in [0.4, 0.5) is 9.59 Å². The second-order valence-electron chi connectivity index (χ2n) is 24.5. The van der Waals surface area contributed by atoms with Crippen molar-refractivity contribution in [1.82, 2.24) is 61.1 Å². The number of benzene rings is 2. The van der Waals surface area contributed by atoms with Crippen LogP contribution in [-0.4, -0.2) is 123 Å². The van der Waals surface area contributed by atoms with Crippen molar-refractivity contribution in [2.45, 2.75) is 229 Å². The van der Waals surface area contributed by atoms with Crippen LogP contribution < -0.4 is 21.3 Å². The molecule has 0 saturated carbocycles. The Bertz CT molecular complexity index is 2680. The van der Waals surface area contributed by atoms with Gasteiger partial charge in [-0.15, -0.1) is 10.2 Å². The van der Waals surface area contributed by atoms with Crippen molar-refractivity contribution in [2.75, 3.05) is 0 Å². The first-order chi connectivity index (χ1) is 37.8. The van der Waals surface area contributed by atoms with Gasteiger partial charge in [-0.25, -0.2) is 19.0 Å². The van der Waals surface area contributed by atoms with E-state index in [0.717, 1.165) is 49.7 Å². The van der Waals surface area contributed by atoms with Gasteiger partial charge in [-0.2, -0.15) is 0 Å². The van der Waals surface area contributed by atoms with Crippen molar-refractivity contribution in [3.8, 4) is 0 Å². The van der Waals surface area contributed by atoms with Crippen molar-refractivity contribution in [3.05, 3.63) is 94.6 Å². The smallest absolute Gasteiger partial charge is 0.408 e. The molecule has 6 heterocycles. The molecule has 4 aliphatic heterocycles. The van der Waals surface area contributed by atoms with E-state index in [1.54, 1.807) is 60.7 Å². The van der Waals surface area contributed by atoms with Crippen LogP contribution in [0.1, 0.15) is 189 Å². The third-order valence-electron chi connectivity index (χ3n) is 16.5. The second-order valence-corrected chi connectivity index (χ2v) is 24.5. The number of aryl methyl sites for hydroxylation is 2. The molecule has 0 unspecified atom stereocenters. The lowest BCUT2D eigenvalue weighted by molar-refractivity contribution is -0.143. The molecular weight excluding hydrogens is 1010 g/mol. The molecule has 10 rings (SSSR count). The summed E-state index contributed by atoms with van der Waals surface area (Å²) in [6.45, 7) is 10.9. The minimum absolute atomic E-state index is 0.124. The number of nitrogens with one attached hydrogen (secondary N) is 4. The third-order valence-corrected chi connectivity index (χ3v) is 16.5. The molecule has 0 spiro atoms. The fraction of sp³-hybridized carbons (Fsp3) is 0.621. The van der Waals surface area contributed by atoms with Crippen LogP contribution >= 0.6 is 0 Å². The number of aromatic nitrogens is 6. The largest absolute Gasteiger partial charge is 0.444 e. The molecule has 4 N–H and O–H groups in total. The van der Waals surface area contributed by atoms with E-state index >= 15 is 0 Å². The molecule has 424 valence electrons. The summed E-state index contributed by atoms with van der Waals surface area (Å²) >= 11 is 0. The maximum absolute atomic E-state index is 14.5. The lowest BCUT2D eigenvalue weighted by Gasteiger charge is -2.38. The van der Waals surface area contributed by atoms with Gasteiger partial charge >= 0.3 is 12.2 Å². The first kappa shape index (κ1) is 55.4. The monoisotopic (exact) mass is 1090 g/mol. The maximum Gasteiger partial charge on any atom is 0.408 e. The Kier molecular flexibility index (Phi) is 16.4. The van der Waals surface area contributed by atoms with E-state index in [4.69, 9.17) is 14.2 Å². The van der Waals surface area contributed by atoms with E-state index in [9.17, 15) is 28.8 Å². The number of hydrogen-bond donors (Lipinski definition) is 4. The number of ether oxygens (including phenoxy) is 3. The zero-order chi connectivity index (χ0) is 55.6. The second kappa shape index (κ2) is 23.4. The van der Waals surface area contributed by atoms with E-state index in [2.05, 4.69) is 66.2 Å². The van der Waals surface area contributed by atoms with Crippen molar-refractivity contribution >= 4 is 35.8 Å². The Morgan fingerprint density at radius 1 is 0.519 bits per heavy atom. The molecule has 10 atom stereocenters. The van der Waals surface area contributed by atoms with Crippen LogP contribution in [-0.2, 0) is 59.4 Å². The van der Waals surface area contributed by atoms with E-state index in [1.807, 2.05) is 36.7 Å². The number of amides is 6. The van der Waals surface area contributed by atoms with Crippen LogP contribution in [0.3, 0.4) is 0 Å². The minimum Gasteiger partial charge on any atom is -0.444 e. The fourth-order valence-electron chi connectivity index (χ4n) is 13.0. The molecule has 0 bridgehead atoms. The summed E-state index contributed by atoms with van der Waals surface area (Å²) in [6, 6.07) is 11.9. The van der Waals surface area contributed by atoms with Gasteiger partial charge in [0.05, 0.1) is 49.8 Å². The molecule has 21 heteroatoms. The van der Waals surface area contributed by atoms with Gasteiger partial charge < -0.3 is 45.3 Å². The molecule has 79 heavy (non-hydrogen) atoms. The van der Waals surface area contributed by atoms with Gasteiger partial charge in [0.15, 0.2) is 0 Å². The van der Waals surface area contributed by atoms with Crippen LogP contribution in [0.15, 0.2) is 60.9 Å². The van der Waals surface area contributed by atoms with E-state index in [-0.39, 0.29) is 73.1 Å². The molecule has 2 aliphatic carbocycles. The van der Waals surface area contributed by atoms with Gasteiger partial charge in [0.25, 0.3) is 0 Å². The summed E-state index contributed by atoms with van der Waals surface area (Å²) in [4.78, 5) is 87.3. The van der Waals surface area contributed by atoms with Gasteiger partial charge in [0, 0.05) is 12.1 Å². The molecular formula is C58H78N12O9. The number of hydrogen-bond acceptors (Lipinski definition) is 13. The van der Waals surface area contributed by atoms with Gasteiger partial charge in [-0.05, 0) is 167 Å². The molecule has 4 saturated heterocycles. The van der Waals surface area contributed by atoms with E-state index < -0.39 is 47.6 Å². The van der Waals surface area contributed by atoms with Crippen molar-refractivity contribution in [1.29, 1.82) is 0 Å². The number of rotatable bonds is 12. The summed E-state index contributed by atoms with van der Waals surface area (Å²) < 4.78 is 21.0. The number of alkyl carbamates (subject to hydrolysis) is 2. The molecule has 4 aromatic rings. The normalized spacial score (nSPS) is 27.2. The number of carbonyl (C=O) groups excluding carboxylic acids is 6. The molecule has 2 aromatic carbocycles. The molecule has 6 aliphatic rings. The summed E-state index contributed by atoms with van der Waals surface area (Å²) in [7, 11) is 0. The highest BCUT2D eigenvalue weighted by atomic mass is 16.6. The molecule has 6 amide bonds. The molecule has 0 radical (unpaired) electrons. The number of nitrogens with zero attached hydrogens (tertiary/aromatic N) is 8. The standard InChI is InChI=1S/C58H78N12O9/c1-57(2,3)78-55(75)61-47-25-21-39(29-41-23-27-49(69(41)53(47)73)51(71)59-45-19-11-15-35-13-7-9-17-43(35)45)67-31-37(63-65-67)33-77-34-38-32-68(66-64-38)40-22-26-48(62-56(76)79-58(4,5)6)54(74)70-42(30-40)24-28-50(70)52(72)60-46-20-12-16-36-14-8-10-18-44(36)46/h7-10,13-14,17-18,31-32,39-42,45-50H,11-12,15-16,19-30,33-34H2,1-6H3,(H,59,71)(H,60,72)(H,61,75)(H,62,76)/t39-,40-,41-,42-,45-,46-,47+,48+,49+,50+/m1/s1. The Labute approximate surface area is 462 Å². The van der Waals surface area contributed by atoms with Crippen LogP contribution in [0.5, 0.6) is 0 Å². The van der Waals surface area contributed by atoms with Gasteiger partial charge in [-0.1, -0.05) is 59.0 Å². The number of fused-ring (bicyclic) bond motifs is 4. The van der Waals surface area contributed by atoms with Crippen LogP contribution in [0.2, 0.25) is 0 Å². The maximum atomic E-state index is 14.5. The lowest BCUT2D eigenvalue weighted by Crippen LogP contribution is -2.57. The quantitative estimate of drug-likeness (QED) is 0.113. The Hall–Kier alpha value is -6.90. The number of carbonyl (C=O) groups is 6. The highest BCUT2D eigenvalue weighted by Gasteiger charge is 2.48. The van der Waals surface area contributed by atoms with Crippen molar-refractivity contribution in [3.63, 3.8) is 0 Å². The predicted molar refractivity (Wildman–Crippen MR) is 288 cm³/mol. The molecule has 21 nitrogen and oxygen atoms in total. The van der Waals surface area contributed by atoms with E-state index in [0.29, 0.717) is 75.6 Å². The Morgan fingerprint density at radius 2 is 0.924 bits per heavy atom. The van der Waals surface area contributed by atoms with Gasteiger partial charge in [-0.3, -0.25) is 19.2 Å². The highest BCUT2D eigenvalue weighted by Crippen LogP contribution is 2.39. The van der Waals surface area contributed by atoms with Crippen molar-refractivity contribution in [2.24, 2.45) is 0 Å². The molecule has 4 fully saturated rings.